The van der Waals surface area contributed by atoms with Crippen molar-refractivity contribution >= 4 is 10.1 Å². The molecule has 0 aliphatic rings. The smallest absolute Gasteiger partial charge is 0.376 e. The summed E-state index contributed by atoms with van der Waals surface area (Å²) in [6, 6.07) is 3.11. The molecule has 84 valence electrons. The molecule has 0 atom stereocenters. The zero-order valence-electron chi connectivity index (χ0n) is 6.95. The molecule has 15 heavy (non-hydrogen) atoms. The predicted octanol–water partition coefficient (Wildman–Crippen LogP) is 2.05. The van der Waals surface area contributed by atoms with Gasteiger partial charge in [0.15, 0.2) is 0 Å². The van der Waals surface area contributed by atoms with E-state index in [1.807, 2.05) is 0 Å². The zero-order valence-corrected chi connectivity index (χ0v) is 7.77. The average Bonchev–Trinajstić information content (AvgIpc) is 2.06. The molecule has 0 saturated carbocycles. The molecule has 0 bridgehead atoms. The van der Waals surface area contributed by atoms with Crippen LogP contribution in [0.2, 0.25) is 0 Å². The Labute approximate surface area is 82.4 Å². The van der Waals surface area contributed by atoms with Crippen LogP contribution in [-0.4, -0.2) is 13.9 Å². The van der Waals surface area contributed by atoms with E-state index in [9.17, 15) is 26.0 Å². The van der Waals surface area contributed by atoms with Crippen molar-refractivity contribution in [3.63, 3.8) is 0 Å². The van der Waals surface area contributed by atoms with Crippen molar-refractivity contribution < 1.29 is 30.2 Å². The SMILES string of the molecule is O=S(=O)(Oc1ccc(F)cc1)C(F)(F)F. The lowest BCUT2D eigenvalue weighted by Gasteiger charge is -2.08. The van der Waals surface area contributed by atoms with Crippen molar-refractivity contribution in [1.29, 1.82) is 0 Å². The van der Waals surface area contributed by atoms with E-state index in [0.717, 1.165) is 24.3 Å². The van der Waals surface area contributed by atoms with E-state index in [1.165, 1.54) is 0 Å². The Bertz CT molecular complexity index is 434. The van der Waals surface area contributed by atoms with Crippen molar-refractivity contribution in [1.82, 2.24) is 0 Å². The highest BCUT2D eigenvalue weighted by Crippen LogP contribution is 2.26. The van der Waals surface area contributed by atoms with Crippen molar-refractivity contribution in [2.24, 2.45) is 0 Å². The molecular formula is C7H4F4O3S. The number of hydrogen-bond acceptors (Lipinski definition) is 3. The lowest BCUT2D eigenvalue weighted by molar-refractivity contribution is -0.0500. The normalized spacial score (nSPS) is 12.5. The molecule has 0 amide bonds. The molecule has 0 radical (unpaired) electrons. The second-order valence-electron chi connectivity index (χ2n) is 2.44. The van der Waals surface area contributed by atoms with Crippen LogP contribution in [0.15, 0.2) is 24.3 Å². The highest BCUT2D eigenvalue weighted by Gasteiger charge is 2.48. The Morgan fingerprint density at radius 3 is 1.93 bits per heavy atom. The summed E-state index contributed by atoms with van der Waals surface area (Å²) in [7, 11) is -5.69. The minimum atomic E-state index is -5.69. The van der Waals surface area contributed by atoms with Crippen LogP contribution in [0.5, 0.6) is 5.75 Å². The Morgan fingerprint density at radius 2 is 1.53 bits per heavy atom. The van der Waals surface area contributed by atoms with Gasteiger partial charge in [-0.1, -0.05) is 0 Å². The minimum Gasteiger partial charge on any atom is -0.376 e. The minimum absolute atomic E-state index is 0.603. The van der Waals surface area contributed by atoms with Crippen molar-refractivity contribution in [3.8, 4) is 5.75 Å². The third-order valence-corrected chi connectivity index (χ3v) is 2.28. The topological polar surface area (TPSA) is 43.4 Å². The number of benzene rings is 1. The van der Waals surface area contributed by atoms with Gasteiger partial charge in [0.2, 0.25) is 0 Å². The maximum Gasteiger partial charge on any atom is 0.534 e. The molecule has 0 aromatic heterocycles. The molecule has 0 unspecified atom stereocenters. The van der Waals surface area contributed by atoms with E-state index in [1.54, 1.807) is 0 Å². The predicted molar refractivity (Wildman–Crippen MR) is 42.0 cm³/mol. The van der Waals surface area contributed by atoms with Gasteiger partial charge < -0.3 is 4.18 Å². The molecule has 0 aliphatic heterocycles. The number of hydrogen-bond donors (Lipinski definition) is 0. The fraction of sp³-hybridized carbons (Fsp3) is 0.143. The van der Waals surface area contributed by atoms with E-state index < -0.39 is 27.2 Å². The van der Waals surface area contributed by atoms with Gasteiger partial charge in [-0.05, 0) is 24.3 Å². The molecule has 0 heterocycles. The summed E-state index contributed by atoms with van der Waals surface area (Å²) in [6.45, 7) is 0. The maximum atomic E-state index is 12.3. The van der Waals surface area contributed by atoms with E-state index >= 15 is 0 Å². The zero-order chi connectivity index (χ0) is 11.7. The van der Waals surface area contributed by atoms with E-state index in [-0.39, 0.29) is 0 Å². The van der Waals surface area contributed by atoms with Gasteiger partial charge in [-0.3, -0.25) is 0 Å². The molecule has 1 aromatic carbocycles. The first-order valence-corrected chi connectivity index (χ1v) is 4.89. The summed E-state index contributed by atoms with van der Waals surface area (Å²) in [5.74, 6) is -1.32. The number of halogens is 4. The molecule has 1 rings (SSSR count). The van der Waals surface area contributed by atoms with Crippen LogP contribution in [0, 0.1) is 5.82 Å². The van der Waals surface area contributed by atoms with Crippen LogP contribution in [0.25, 0.3) is 0 Å². The standard InChI is InChI=1S/C7H4F4O3S/c8-5-1-3-6(4-2-5)14-15(12,13)7(9,10)11/h1-4H. The molecule has 0 aliphatic carbocycles. The second-order valence-corrected chi connectivity index (χ2v) is 3.97. The van der Waals surface area contributed by atoms with E-state index in [2.05, 4.69) is 4.18 Å². The lowest BCUT2D eigenvalue weighted by atomic mass is 10.3. The van der Waals surface area contributed by atoms with Gasteiger partial charge in [0.1, 0.15) is 11.6 Å². The Morgan fingerprint density at radius 1 is 1.07 bits per heavy atom. The monoisotopic (exact) mass is 244 g/mol. The Kier molecular flexibility index (Phi) is 2.89. The lowest BCUT2D eigenvalue weighted by Crippen LogP contribution is -2.28. The maximum absolute atomic E-state index is 12.3. The fourth-order valence-corrected chi connectivity index (χ4v) is 1.12. The van der Waals surface area contributed by atoms with Gasteiger partial charge in [-0.25, -0.2) is 4.39 Å². The van der Waals surface area contributed by atoms with Crippen LogP contribution in [0.1, 0.15) is 0 Å². The number of alkyl halides is 3. The van der Waals surface area contributed by atoms with E-state index in [0.29, 0.717) is 0 Å². The van der Waals surface area contributed by atoms with Crippen LogP contribution >= 0.6 is 0 Å². The first kappa shape index (κ1) is 11.8. The fourth-order valence-electron chi connectivity index (χ4n) is 0.664. The van der Waals surface area contributed by atoms with Crippen LogP contribution < -0.4 is 4.18 Å². The molecule has 0 saturated heterocycles. The third-order valence-electron chi connectivity index (χ3n) is 1.30. The van der Waals surface area contributed by atoms with Gasteiger partial charge in [-0.2, -0.15) is 21.6 Å². The van der Waals surface area contributed by atoms with Gasteiger partial charge in [-0.15, -0.1) is 0 Å². The number of rotatable bonds is 2. The summed E-state index contributed by atoms with van der Waals surface area (Å²) in [4.78, 5) is 0. The largest absolute Gasteiger partial charge is 0.534 e. The Balaban J connectivity index is 2.93. The van der Waals surface area contributed by atoms with Crippen LogP contribution in [0.4, 0.5) is 17.6 Å². The average molecular weight is 244 g/mol. The first-order chi connectivity index (χ1) is 6.72. The summed E-state index contributed by atoms with van der Waals surface area (Å²) in [6.07, 6.45) is 0. The molecular weight excluding hydrogens is 240 g/mol. The summed E-state index contributed by atoms with van der Waals surface area (Å²) in [5, 5.41) is 0. The summed E-state index contributed by atoms with van der Waals surface area (Å²) < 4.78 is 72.4. The molecule has 0 fully saturated rings. The molecule has 0 N–H and O–H groups in total. The van der Waals surface area contributed by atoms with Crippen molar-refractivity contribution in [2.75, 3.05) is 0 Å². The Hall–Kier alpha value is -1.31. The highest BCUT2D eigenvalue weighted by molar-refractivity contribution is 7.87. The summed E-state index contributed by atoms with van der Waals surface area (Å²) in [5.41, 5.74) is -5.50. The third kappa shape index (κ3) is 2.82. The van der Waals surface area contributed by atoms with Gasteiger partial charge in [0.05, 0.1) is 0 Å². The quantitative estimate of drug-likeness (QED) is 0.454. The van der Waals surface area contributed by atoms with Gasteiger partial charge in [0.25, 0.3) is 0 Å². The second kappa shape index (κ2) is 3.69. The van der Waals surface area contributed by atoms with Crippen molar-refractivity contribution in [2.45, 2.75) is 5.51 Å². The molecule has 8 heteroatoms. The molecule has 1 aromatic rings. The van der Waals surface area contributed by atoms with Crippen molar-refractivity contribution in [3.05, 3.63) is 30.1 Å². The van der Waals surface area contributed by atoms with Crippen LogP contribution in [0.3, 0.4) is 0 Å². The van der Waals surface area contributed by atoms with E-state index in [4.69, 9.17) is 0 Å². The summed E-state index contributed by atoms with van der Waals surface area (Å²) >= 11 is 0. The van der Waals surface area contributed by atoms with Gasteiger partial charge >= 0.3 is 15.6 Å². The van der Waals surface area contributed by atoms with Gasteiger partial charge in [0, 0.05) is 0 Å². The highest BCUT2D eigenvalue weighted by atomic mass is 32.2. The first-order valence-electron chi connectivity index (χ1n) is 3.49. The molecule has 3 nitrogen and oxygen atoms in total. The van der Waals surface area contributed by atoms with Crippen LogP contribution in [-0.2, 0) is 10.1 Å². The molecule has 0 spiro atoms.